The van der Waals surface area contributed by atoms with Crippen molar-refractivity contribution in [1.82, 2.24) is 5.43 Å². The van der Waals surface area contributed by atoms with Crippen molar-refractivity contribution in [3.8, 4) is 5.75 Å². The zero-order chi connectivity index (χ0) is 13.4. The number of amides is 1. The van der Waals surface area contributed by atoms with Gasteiger partial charge in [-0.3, -0.25) is 10.2 Å². The lowest BCUT2D eigenvalue weighted by atomic mass is 10.1. The van der Waals surface area contributed by atoms with Crippen molar-refractivity contribution >= 4 is 5.91 Å². The molecule has 1 rings (SSSR count). The second kappa shape index (κ2) is 7.71. The molecule has 0 aliphatic heterocycles. The third-order valence-electron chi connectivity index (χ3n) is 2.96. The maximum Gasteiger partial charge on any atom is 0.233 e. The Morgan fingerprint density at radius 1 is 1.22 bits per heavy atom. The van der Waals surface area contributed by atoms with E-state index in [9.17, 15) is 4.79 Å². The summed E-state index contributed by atoms with van der Waals surface area (Å²) >= 11 is 0. The third-order valence-corrected chi connectivity index (χ3v) is 2.96. The van der Waals surface area contributed by atoms with Crippen LogP contribution in [0.5, 0.6) is 5.75 Å². The summed E-state index contributed by atoms with van der Waals surface area (Å²) in [7, 11) is 0. The van der Waals surface area contributed by atoms with Gasteiger partial charge in [-0.05, 0) is 56.4 Å². The van der Waals surface area contributed by atoms with E-state index in [2.05, 4.69) is 31.4 Å². The molecule has 0 spiro atoms. The molecule has 0 atom stereocenters. The van der Waals surface area contributed by atoms with Crippen LogP contribution in [0.25, 0.3) is 0 Å². The summed E-state index contributed by atoms with van der Waals surface area (Å²) in [6, 6.07) is 6.11. The van der Waals surface area contributed by atoms with Gasteiger partial charge in [0.2, 0.25) is 5.91 Å². The van der Waals surface area contributed by atoms with E-state index >= 15 is 0 Å². The molecule has 0 fully saturated rings. The summed E-state index contributed by atoms with van der Waals surface area (Å²) in [5.74, 6) is 5.80. The van der Waals surface area contributed by atoms with Crippen molar-refractivity contribution in [2.24, 2.45) is 5.84 Å². The zero-order valence-electron chi connectivity index (χ0n) is 11.2. The van der Waals surface area contributed by atoms with Gasteiger partial charge in [0.25, 0.3) is 0 Å². The number of hydrogen-bond donors (Lipinski definition) is 2. The number of nitrogens with two attached hydrogens (primary N) is 1. The summed E-state index contributed by atoms with van der Waals surface area (Å²) in [5, 5.41) is 0. The first kappa shape index (κ1) is 14.5. The van der Waals surface area contributed by atoms with E-state index in [1.165, 1.54) is 11.1 Å². The van der Waals surface area contributed by atoms with Gasteiger partial charge in [-0.15, -0.1) is 0 Å². The van der Waals surface area contributed by atoms with Crippen LogP contribution in [0.2, 0.25) is 0 Å². The second-order valence-electron chi connectivity index (χ2n) is 4.47. The van der Waals surface area contributed by atoms with Gasteiger partial charge in [-0.2, -0.15) is 0 Å². The lowest BCUT2D eigenvalue weighted by Gasteiger charge is -2.08. The Labute approximate surface area is 108 Å². The molecule has 0 radical (unpaired) electrons. The molecule has 4 nitrogen and oxygen atoms in total. The minimum absolute atomic E-state index is 0.106. The zero-order valence-corrected chi connectivity index (χ0v) is 11.2. The van der Waals surface area contributed by atoms with Crippen LogP contribution in [0.3, 0.4) is 0 Å². The molecule has 0 unspecified atom stereocenters. The molecule has 0 heterocycles. The lowest BCUT2D eigenvalue weighted by Crippen LogP contribution is -2.29. The van der Waals surface area contributed by atoms with Crippen molar-refractivity contribution in [2.45, 2.75) is 39.5 Å². The quantitative estimate of drug-likeness (QED) is 0.337. The monoisotopic (exact) mass is 250 g/mol. The first-order valence-electron chi connectivity index (χ1n) is 6.33. The van der Waals surface area contributed by atoms with Gasteiger partial charge in [0.15, 0.2) is 0 Å². The van der Waals surface area contributed by atoms with E-state index < -0.39 is 0 Å². The molecular formula is C14H22N2O2. The highest BCUT2D eigenvalue weighted by atomic mass is 16.5. The van der Waals surface area contributed by atoms with Crippen molar-refractivity contribution in [3.63, 3.8) is 0 Å². The molecule has 18 heavy (non-hydrogen) atoms. The summed E-state index contributed by atoms with van der Waals surface area (Å²) in [5.41, 5.74) is 4.64. The average Bonchev–Trinajstić information content (AvgIpc) is 2.37. The van der Waals surface area contributed by atoms with Crippen molar-refractivity contribution in [3.05, 3.63) is 29.3 Å². The van der Waals surface area contributed by atoms with E-state index in [4.69, 9.17) is 10.6 Å². The first-order chi connectivity index (χ1) is 8.63. The van der Waals surface area contributed by atoms with Crippen LogP contribution in [0.15, 0.2) is 18.2 Å². The largest absolute Gasteiger partial charge is 0.494 e. The van der Waals surface area contributed by atoms with Crippen molar-refractivity contribution in [2.75, 3.05) is 6.61 Å². The van der Waals surface area contributed by atoms with Gasteiger partial charge in [0.05, 0.1) is 6.61 Å². The number of hydrazine groups is 1. The molecule has 1 amide bonds. The fourth-order valence-corrected chi connectivity index (χ4v) is 1.63. The maximum absolute atomic E-state index is 10.9. The van der Waals surface area contributed by atoms with Gasteiger partial charge in [-0.1, -0.05) is 6.07 Å². The predicted octanol–water partition coefficient (Wildman–Crippen LogP) is 2.23. The lowest BCUT2D eigenvalue weighted by molar-refractivity contribution is -0.121. The topological polar surface area (TPSA) is 64.3 Å². The summed E-state index contributed by atoms with van der Waals surface area (Å²) < 4.78 is 5.65. The molecule has 1 aromatic rings. The Morgan fingerprint density at radius 2 is 2.00 bits per heavy atom. The van der Waals surface area contributed by atoms with Gasteiger partial charge < -0.3 is 4.74 Å². The first-order valence-corrected chi connectivity index (χ1v) is 6.33. The molecule has 0 aliphatic rings. The number of aryl methyl sites for hydroxylation is 2. The number of nitrogens with one attached hydrogen (secondary N) is 1. The number of benzene rings is 1. The minimum atomic E-state index is -0.106. The highest BCUT2D eigenvalue weighted by Crippen LogP contribution is 2.16. The molecule has 0 aliphatic carbocycles. The number of rotatable bonds is 7. The summed E-state index contributed by atoms with van der Waals surface area (Å²) in [4.78, 5) is 10.9. The minimum Gasteiger partial charge on any atom is -0.494 e. The Bertz CT molecular complexity index is 391. The van der Waals surface area contributed by atoms with Crippen LogP contribution >= 0.6 is 0 Å². The van der Waals surface area contributed by atoms with Crippen LogP contribution in [0.4, 0.5) is 0 Å². The number of hydrogen-bond acceptors (Lipinski definition) is 3. The summed E-state index contributed by atoms with van der Waals surface area (Å²) in [6.07, 6.45) is 3.25. The number of carbonyl (C=O) groups excluding carboxylic acids is 1. The highest BCUT2D eigenvalue weighted by Gasteiger charge is 1.99. The molecule has 3 N–H and O–H groups in total. The predicted molar refractivity (Wildman–Crippen MR) is 72.2 cm³/mol. The molecule has 4 heteroatoms. The van der Waals surface area contributed by atoms with Gasteiger partial charge in [0.1, 0.15) is 5.75 Å². The second-order valence-corrected chi connectivity index (χ2v) is 4.47. The number of carbonyl (C=O) groups is 1. The van der Waals surface area contributed by atoms with Crippen LogP contribution in [0.1, 0.15) is 36.8 Å². The normalized spacial score (nSPS) is 10.2. The van der Waals surface area contributed by atoms with E-state index in [1.807, 2.05) is 6.07 Å². The molecule has 0 aromatic heterocycles. The van der Waals surface area contributed by atoms with Gasteiger partial charge in [-0.25, -0.2) is 5.84 Å². The smallest absolute Gasteiger partial charge is 0.233 e. The van der Waals surface area contributed by atoms with Gasteiger partial charge >= 0.3 is 0 Å². The average molecular weight is 250 g/mol. The standard InChI is InChI=1S/C14H22N2O2/c1-11-7-8-13(10-12(11)2)18-9-5-3-4-6-14(17)16-15/h7-8,10H,3-6,9,15H2,1-2H3,(H,16,17). The van der Waals surface area contributed by atoms with E-state index in [-0.39, 0.29) is 5.91 Å². The molecule has 0 bridgehead atoms. The Hall–Kier alpha value is -1.55. The Balaban J connectivity index is 2.14. The van der Waals surface area contributed by atoms with Crippen LogP contribution in [-0.2, 0) is 4.79 Å². The molecule has 0 saturated heterocycles. The molecular weight excluding hydrogens is 228 g/mol. The number of ether oxygens (including phenoxy) is 1. The summed E-state index contributed by atoms with van der Waals surface area (Å²) in [6.45, 7) is 4.85. The number of unbranched alkanes of at least 4 members (excludes halogenated alkanes) is 2. The van der Waals surface area contributed by atoms with Crippen LogP contribution in [-0.4, -0.2) is 12.5 Å². The third kappa shape index (κ3) is 5.19. The van der Waals surface area contributed by atoms with Crippen molar-refractivity contribution in [1.29, 1.82) is 0 Å². The Morgan fingerprint density at radius 3 is 2.67 bits per heavy atom. The van der Waals surface area contributed by atoms with Crippen LogP contribution in [0, 0.1) is 13.8 Å². The molecule has 100 valence electrons. The van der Waals surface area contributed by atoms with E-state index in [1.54, 1.807) is 0 Å². The molecule has 1 aromatic carbocycles. The Kier molecular flexibility index (Phi) is 6.22. The fourth-order valence-electron chi connectivity index (χ4n) is 1.63. The highest BCUT2D eigenvalue weighted by molar-refractivity contribution is 5.75. The van der Waals surface area contributed by atoms with E-state index in [0.29, 0.717) is 13.0 Å². The van der Waals surface area contributed by atoms with Crippen molar-refractivity contribution < 1.29 is 9.53 Å². The maximum atomic E-state index is 10.9. The fraction of sp³-hybridized carbons (Fsp3) is 0.500. The van der Waals surface area contributed by atoms with Crippen LogP contribution < -0.4 is 16.0 Å². The van der Waals surface area contributed by atoms with E-state index in [0.717, 1.165) is 25.0 Å². The SMILES string of the molecule is Cc1ccc(OCCCCCC(=O)NN)cc1C. The molecule has 0 saturated carbocycles. The van der Waals surface area contributed by atoms with Gasteiger partial charge in [0, 0.05) is 6.42 Å².